The van der Waals surface area contributed by atoms with E-state index in [9.17, 15) is 0 Å². The Bertz CT molecular complexity index is 410. The minimum atomic E-state index is -0.298. The first kappa shape index (κ1) is 10.2. The van der Waals surface area contributed by atoms with Crippen LogP contribution in [-0.4, -0.2) is 0 Å². The van der Waals surface area contributed by atoms with Gasteiger partial charge in [0.25, 0.3) is 0 Å². The highest BCUT2D eigenvalue weighted by molar-refractivity contribution is 5.43. The lowest BCUT2D eigenvalue weighted by Crippen LogP contribution is -2.11. The van der Waals surface area contributed by atoms with Crippen molar-refractivity contribution in [1.29, 1.82) is 10.5 Å². The Morgan fingerprint density at radius 1 is 1.43 bits per heavy atom. The molecule has 0 fully saturated rings. The third-order valence-electron chi connectivity index (χ3n) is 2.21. The van der Waals surface area contributed by atoms with E-state index in [0.29, 0.717) is 5.56 Å². The highest BCUT2D eigenvalue weighted by atomic mass is 14.6. The van der Waals surface area contributed by atoms with Gasteiger partial charge in [-0.15, -0.1) is 0 Å². The van der Waals surface area contributed by atoms with Gasteiger partial charge in [-0.1, -0.05) is 12.1 Å². The van der Waals surface area contributed by atoms with Crippen LogP contribution >= 0.6 is 0 Å². The average molecular weight is 185 g/mol. The Morgan fingerprint density at radius 3 is 2.71 bits per heavy atom. The van der Waals surface area contributed by atoms with E-state index < -0.39 is 0 Å². The van der Waals surface area contributed by atoms with E-state index in [-0.39, 0.29) is 12.5 Å². The monoisotopic (exact) mass is 185 g/mol. The van der Waals surface area contributed by atoms with Crippen LogP contribution in [-0.2, 0) is 0 Å². The SMILES string of the molecule is Cc1c(C#N)cccc1[C@H](N)CC#N. The fourth-order valence-corrected chi connectivity index (χ4v) is 1.38. The topological polar surface area (TPSA) is 73.6 Å². The fraction of sp³-hybridized carbons (Fsp3) is 0.273. The molecule has 0 spiro atoms. The molecule has 0 aliphatic rings. The molecule has 0 aliphatic heterocycles. The Morgan fingerprint density at radius 2 is 2.14 bits per heavy atom. The van der Waals surface area contributed by atoms with Crippen LogP contribution < -0.4 is 5.73 Å². The molecule has 1 rings (SSSR count). The molecule has 0 amide bonds. The van der Waals surface area contributed by atoms with Gasteiger partial charge < -0.3 is 5.73 Å². The quantitative estimate of drug-likeness (QED) is 0.763. The molecule has 0 heterocycles. The van der Waals surface area contributed by atoms with Gasteiger partial charge in [0.1, 0.15) is 0 Å². The molecule has 1 aromatic rings. The van der Waals surface area contributed by atoms with Crippen molar-refractivity contribution in [2.45, 2.75) is 19.4 Å². The van der Waals surface area contributed by atoms with Gasteiger partial charge >= 0.3 is 0 Å². The highest BCUT2D eigenvalue weighted by Crippen LogP contribution is 2.20. The summed E-state index contributed by atoms with van der Waals surface area (Å²) in [6.07, 6.45) is 0.274. The summed E-state index contributed by atoms with van der Waals surface area (Å²) in [6.45, 7) is 1.85. The van der Waals surface area contributed by atoms with Gasteiger partial charge in [0, 0.05) is 6.04 Å². The van der Waals surface area contributed by atoms with Crippen molar-refractivity contribution >= 4 is 0 Å². The van der Waals surface area contributed by atoms with Crippen molar-refractivity contribution in [3.05, 3.63) is 34.9 Å². The van der Waals surface area contributed by atoms with E-state index in [0.717, 1.165) is 11.1 Å². The first-order valence-electron chi connectivity index (χ1n) is 4.33. The van der Waals surface area contributed by atoms with Crippen LogP contribution in [0.5, 0.6) is 0 Å². The molecule has 70 valence electrons. The number of benzene rings is 1. The first-order chi connectivity index (χ1) is 6.70. The van der Waals surface area contributed by atoms with Gasteiger partial charge in [-0.25, -0.2) is 0 Å². The summed E-state index contributed by atoms with van der Waals surface area (Å²) in [5.74, 6) is 0. The molecular weight excluding hydrogens is 174 g/mol. The summed E-state index contributed by atoms with van der Waals surface area (Å²) in [6, 6.07) is 9.22. The highest BCUT2D eigenvalue weighted by Gasteiger charge is 2.10. The largest absolute Gasteiger partial charge is 0.323 e. The minimum absolute atomic E-state index is 0.274. The third kappa shape index (κ3) is 1.90. The summed E-state index contributed by atoms with van der Waals surface area (Å²) in [7, 11) is 0. The number of rotatable bonds is 2. The molecule has 2 N–H and O–H groups in total. The molecule has 0 saturated heterocycles. The lowest BCUT2D eigenvalue weighted by molar-refractivity contribution is 0.742. The Labute approximate surface area is 83.4 Å². The number of nitriles is 2. The van der Waals surface area contributed by atoms with Crippen LogP contribution in [0.2, 0.25) is 0 Å². The van der Waals surface area contributed by atoms with E-state index in [4.69, 9.17) is 16.3 Å². The van der Waals surface area contributed by atoms with Gasteiger partial charge in [-0.3, -0.25) is 0 Å². The van der Waals surface area contributed by atoms with Gasteiger partial charge in [-0.2, -0.15) is 10.5 Å². The first-order valence-corrected chi connectivity index (χ1v) is 4.33. The van der Waals surface area contributed by atoms with Crippen LogP contribution in [0.4, 0.5) is 0 Å². The molecule has 3 heteroatoms. The summed E-state index contributed by atoms with van der Waals surface area (Å²) >= 11 is 0. The normalized spacial score (nSPS) is 11.4. The zero-order chi connectivity index (χ0) is 10.6. The van der Waals surface area contributed by atoms with Crippen molar-refractivity contribution in [2.24, 2.45) is 5.73 Å². The summed E-state index contributed by atoms with van der Waals surface area (Å²) in [4.78, 5) is 0. The second-order valence-corrected chi connectivity index (χ2v) is 3.10. The lowest BCUT2D eigenvalue weighted by atomic mass is 9.96. The van der Waals surface area contributed by atoms with Crippen LogP contribution in [0.25, 0.3) is 0 Å². The standard InChI is InChI=1S/C11H11N3/c1-8-9(7-13)3-2-4-10(8)11(14)5-6-12/h2-4,11H,5,14H2,1H3/t11-/m1/s1. The van der Waals surface area contributed by atoms with Crippen LogP contribution in [0.1, 0.15) is 29.2 Å². The van der Waals surface area contributed by atoms with Crippen molar-refractivity contribution < 1.29 is 0 Å². The Hall–Kier alpha value is -1.84. The molecule has 3 nitrogen and oxygen atoms in total. The molecule has 0 aromatic heterocycles. The van der Waals surface area contributed by atoms with Gasteiger partial charge in [0.2, 0.25) is 0 Å². The van der Waals surface area contributed by atoms with Gasteiger partial charge in [0.05, 0.1) is 24.1 Å². The summed E-state index contributed by atoms with van der Waals surface area (Å²) in [5.41, 5.74) is 8.17. The molecule has 1 atom stereocenters. The van der Waals surface area contributed by atoms with Crippen molar-refractivity contribution in [3.8, 4) is 12.1 Å². The molecule has 0 saturated carbocycles. The molecule has 14 heavy (non-hydrogen) atoms. The van der Waals surface area contributed by atoms with E-state index in [2.05, 4.69) is 6.07 Å². The van der Waals surface area contributed by atoms with Crippen LogP contribution in [0.3, 0.4) is 0 Å². The second kappa shape index (κ2) is 4.41. The van der Waals surface area contributed by atoms with E-state index in [1.165, 1.54) is 0 Å². The maximum atomic E-state index is 8.80. The lowest BCUT2D eigenvalue weighted by Gasteiger charge is -2.11. The third-order valence-corrected chi connectivity index (χ3v) is 2.21. The van der Waals surface area contributed by atoms with Gasteiger partial charge in [0.15, 0.2) is 0 Å². The number of nitrogens with two attached hydrogens (primary N) is 1. The summed E-state index contributed by atoms with van der Waals surface area (Å²) < 4.78 is 0. The van der Waals surface area contributed by atoms with E-state index >= 15 is 0 Å². The Kier molecular flexibility index (Phi) is 3.23. The van der Waals surface area contributed by atoms with Gasteiger partial charge in [-0.05, 0) is 24.1 Å². The smallest absolute Gasteiger partial charge is 0.0994 e. The van der Waals surface area contributed by atoms with E-state index in [1.807, 2.05) is 19.1 Å². The van der Waals surface area contributed by atoms with Crippen molar-refractivity contribution in [1.82, 2.24) is 0 Å². The Balaban J connectivity index is 3.12. The van der Waals surface area contributed by atoms with Crippen molar-refractivity contribution in [3.63, 3.8) is 0 Å². The molecule has 1 aromatic carbocycles. The zero-order valence-electron chi connectivity index (χ0n) is 7.99. The molecule has 0 unspecified atom stereocenters. The average Bonchev–Trinajstić information content (AvgIpc) is 2.18. The maximum absolute atomic E-state index is 8.80. The fourth-order valence-electron chi connectivity index (χ4n) is 1.38. The molecule has 0 bridgehead atoms. The summed E-state index contributed by atoms with van der Waals surface area (Å²) in [5, 5.41) is 17.3. The number of nitrogens with zero attached hydrogens (tertiary/aromatic N) is 2. The van der Waals surface area contributed by atoms with Crippen LogP contribution in [0, 0.1) is 29.6 Å². The second-order valence-electron chi connectivity index (χ2n) is 3.10. The van der Waals surface area contributed by atoms with Crippen LogP contribution in [0.15, 0.2) is 18.2 Å². The number of hydrogen-bond acceptors (Lipinski definition) is 3. The van der Waals surface area contributed by atoms with Crippen molar-refractivity contribution in [2.75, 3.05) is 0 Å². The molecule has 0 radical (unpaired) electrons. The van der Waals surface area contributed by atoms with E-state index in [1.54, 1.807) is 12.1 Å². The number of hydrogen-bond donors (Lipinski definition) is 1. The molecular formula is C11H11N3. The minimum Gasteiger partial charge on any atom is -0.323 e. The molecule has 0 aliphatic carbocycles. The predicted molar refractivity (Wildman–Crippen MR) is 53.1 cm³/mol. The maximum Gasteiger partial charge on any atom is 0.0994 e. The zero-order valence-corrected chi connectivity index (χ0v) is 7.99. The predicted octanol–water partition coefficient (Wildman–Crippen LogP) is 1.78.